The first kappa shape index (κ1) is 20.6. The van der Waals surface area contributed by atoms with Crippen LogP contribution >= 0.6 is 11.6 Å². The molecule has 0 aromatic heterocycles. The molecule has 0 radical (unpaired) electrons. The minimum absolute atomic E-state index is 0.136. The number of halogens is 1. The van der Waals surface area contributed by atoms with Crippen LogP contribution in [0.2, 0.25) is 5.02 Å². The summed E-state index contributed by atoms with van der Waals surface area (Å²) < 4.78 is 24.5. The van der Waals surface area contributed by atoms with E-state index in [0.29, 0.717) is 27.5 Å². The Morgan fingerprint density at radius 3 is 2.07 bits per heavy atom. The highest BCUT2D eigenvalue weighted by atomic mass is 35.5. The third-order valence-corrected chi connectivity index (χ3v) is 5.53. The number of hydrogen-bond donors (Lipinski definition) is 2. The van der Waals surface area contributed by atoms with Gasteiger partial charge in [0, 0.05) is 16.3 Å². The van der Waals surface area contributed by atoms with E-state index in [0.717, 1.165) is 0 Å². The predicted molar refractivity (Wildman–Crippen MR) is 115 cm³/mol. The lowest BCUT2D eigenvalue weighted by molar-refractivity contribution is 0.102. The van der Waals surface area contributed by atoms with Crippen molar-refractivity contribution >= 4 is 38.9 Å². The standard InChI is InChI=1S/C21H18ClN3O3S/c1-15(24-25-29(27,28)20-5-3-2-4-6-20)16-9-13-19(14-10-16)23-21(26)17-7-11-18(22)12-8-17/h2-14,25H,1H3,(H,23,26)/b24-15+. The molecule has 0 aliphatic carbocycles. The largest absolute Gasteiger partial charge is 0.322 e. The third kappa shape index (κ3) is 5.43. The first-order chi connectivity index (χ1) is 13.8. The van der Waals surface area contributed by atoms with Crippen molar-refractivity contribution in [1.82, 2.24) is 4.83 Å². The molecule has 0 saturated heterocycles. The molecule has 0 unspecified atom stereocenters. The summed E-state index contributed by atoms with van der Waals surface area (Å²) in [6.07, 6.45) is 0. The van der Waals surface area contributed by atoms with E-state index in [1.54, 1.807) is 73.7 Å². The summed E-state index contributed by atoms with van der Waals surface area (Å²) in [5, 5.41) is 7.31. The van der Waals surface area contributed by atoms with Crippen molar-refractivity contribution in [1.29, 1.82) is 0 Å². The average molecular weight is 428 g/mol. The van der Waals surface area contributed by atoms with Gasteiger partial charge in [-0.15, -0.1) is 0 Å². The first-order valence-electron chi connectivity index (χ1n) is 8.64. The zero-order valence-corrected chi connectivity index (χ0v) is 17.0. The molecule has 0 spiro atoms. The topological polar surface area (TPSA) is 87.6 Å². The zero-order chi connectivity index (χ0) is 20.9. The number of anilines is 1. The van der Waals surface area contributed by atoms with Crippen LogP contribution in [0.25, 0.3) is 0 Å². The summed E-state index contributed by atoms with van der Waals surface area (Å²) in [7, 11) is -3.73. The van der Waals surface area contributed by atoms with Gasteiger partial charge >= 0.3 is 0 Å². The van der Waals surface area contributed by atoms with Gasteiger partial charge in [0.05, 0.1) is 10.6 Å². The van der Waals surface area contributed by atoms with Crippen LogP contribution in [-0.2, 0) is 10.0 Å². The summed E-state index contributed by atoms with van der Waals surface area (Å²) in [4.78, 5) is 14.6. The summed E-state index contributed by atoms with van der Waals surface area (Å²) in [5.41, 5.74) is 2.29. The van der Waals surface area contributed by atoms with Crippen molar-refractivity contribution in [3.05, 3.63) is 95.0 Å². The second kappa shape index (κ2) is 8.89. The minimum atomic E-state index is -3.73. The Balaban J connectivity index is 1.67. The van der Waals surface area contributed by atoms with Crippen molar-refractivity contribution in [3.63, 3.8) is 0 Å². The molecule has 6 nitrogen and oxygen atoms in total. The van der Waals surface area contributed by atoms with E-state index in [9.17, 15) is 13.2 Å². The van der Waals surface area contributed by atoms with Crippen molar-refractivity contribution in [2.75, 3.05) is 5.32 Å². The maximum atomic E-state index is 12.2. The number of hydrogen-bond acceptors (Lipinski definition) is 4. The van der Waals surface area contributed by atoms with Gasteiger partial charge in [0.25, 0.3) is 15.9 Å². The molecule has 3 aromatic rings. The average Bonchev–Trinajstić information content (AvgIpc) is 2.73. The van der Waals surface area contributed by atoms with Gasteiger partial charge in [0.1, 0.15) is 0 Å². The van der Waals surface area contributed by atoms with Gasteiger partial charge in [-0.1, -0.05) is 41.9 Å². The molecule has 0 saturated carbocycles. The van der Waals surface area contributed by atoms with E-state index in [1.165, 1.54) is 12.1 Å². The summed E-state index contributed by atoms with van der Waals surface area (Å²) >= 11 is 5.83. The van der Waals surface area contributed by atoms with Crippen LogP contribution in [0.4, 0.5) is 5.69 Å². The Kier molecular flexibility index (Phi) is 6.31. The Morgan fingerprint density at radius 1 is 0.862 bits per heavy atom. The molecule has 1 amide bonds. The lowest BCUT2D eigenvalue weighted by Gasteiger charge is -2.08. The zero-order valence-electron chi connectivity index (χ0n) is 15.5. The number of hydrazone groups is 1. The van der Waals surface area contributed by atoms with Gasteiger partial charge < -0.3 is 5.32 Å². The molecule has 0 heterocycles. The maximum absolute atomic E-state index is 12.2. The van der Waals surface area contributed by atoms with Crippen LogP contribution in [0.1, 0.15) is 22.8 Å². The second-order valence-corrected chi connectivity index (χ2v) is 8.24. The van der Waals surface area contributed by atoms with Gasteiger partial charge in [-0.25, -0.2) is 0 Å². The molecule has 2 N–H and O–H groups in total. The van der Waals surface area contributed by atoms with Crippen LogP contribution in [0.15, 0.2) is 88.9 Å². The Morgan fingerprint density at radius 2 is 1.45 bits per heavy atom. The molecule has 0 aliphatic rings. The van der Waals surface area contributed by atoms with Crippen molar-refractivity contribution in [3.8, 4) is 0 Å². The Labute approximate surface area is 174 Å². The van der Waals surface area contributed by atoms with Gasteiger partial charge in [-0.05, 0) is 61.0 Å². The number of carbonyl (C=O) groups excluding carboxylic acids is 1. The molecule has 29 heavy (non-hydrogen) atoms. The highest BCUT2D eigenvalue weighted by Gasteiger charge is 2.12. The minimum Gasteiger partial charge on any atom is -0.322 e. The monoisotopic (exact) mass is 427 g/mol. The number of sulfonamides is 1. The fourth-order valence-electron chi connectivity index (χ4n) is 2.44. The van der Waals surface area contributed by atoms with E-state index in [-0.39, 0.29) is 10.8 Å². The molecular formula is C21H18ClN3O3S. The van der Waals surface area contributed by atoms with Gasteiger partial charge in [0.2, 0.25) is 0 Å². The van der Waals surface area contributed by atoms with E-state index in [4.69, 9.17) is 11.6 Å². The van der Waals surface area contributed by atoms with E-state index < -0.39 is 10.0 Å². The highest BCUT2D eigenvalue weighted by molar-refractivity contribution is 7.89. The number of nitrogens with one attached hydrogen (secondary N) is 2. The van der Waals surface area contributed by atoms with E-state index in [1.807, 2.05) is 0 Å². The lowest BCUT2D eigenvalue weighted by atomic mass is 10.1. The van der Waals surface area contributed by atoms with Crippen molar-refractivity contribution < 1.29 is 13.2 Å². The Hall–Kier alpha value is -3.16. The van der Waals surface area contributed by atoms with Crippen LogP contribution in [-0.4, -0.2) is 20.0 Å². The maximum Gasteiger partial charge on any atom is 0.276 e. The summed E-state index contributed by atoms with van der Waals surface area (Å²) in [6.45, 7) is 1.69. The van der Waals surface area contributed by atoms with Crippen LogP contribution in [0, 0.1) is 0 Å². The molecule has 3 rings (SSSR count). The van der Waals surface area contributed by atoms with Crippen molar-refractivity contribution in [2.45, 2.75) is 11.8 Å². The molecule has 8 heteroatoms. The quantitative estimate of drug-likeness (QED) is 0.454. The predicted octanol–water partition coefficient (Wildman–Crippen LogP) is 4.29. The molecule has 0 atom stereocenters. The SMILES string of the molecule is C/C(=N\NS(=O)(=O)c1ccccc1)c1ccc(NC(=O)c2ccc(Cl)cc2)cc1. The number of rotatable bonds is 6. The van der Waals surface area contributed by atoms with Crippen LogP contribution in [0.3, 0.4) is 0 Å². The lowest BCUT2D eigenvalue weighted by Crippen LogP contribution is -2.19. The third-order valence-electron chi connectivity index (χ3n) is 4.05. The van der Waals surface area contributed by atoms with Crippen LogP contribution in [0.5, 0.6) is 0 Å². The molecule has 148 valence electrons. The van der Waals surface area contributed by atoms with Gasteiger partial charge in [-0.3, -0.25) is 4.79 Å². The number of benzene rings is 3. The fraction of sp³-hybridized carbons (Fsp3) is 0.0476. The fourth-order valence-corrected chi connectivity index (χ4v) is 3.45. The van der Waals surface area contributed by atoms with Gasteiger partial charge in [-0.2, -0.15) is 18.4 Å². The first-order valence-corrected chi connectivity index (χ1v) is 10.5. The molecule has 0 fully saturated rings. The van der Waals surface area contributed by atoms with E-state index in [2.05, 4.69) is 15.2 Å². The second-order valence-electron chi connectivity index (χ2n) is 6.14. The molecule has 0 aliphatic heterocycles. The number of amides is 1. The number of carbonyl (C=O) groups is 1. The molecule has 0 bridgehead atoms. The molecule has 3 aromatic carbocycles. The summed E-state index contributed by atoms with van der Waals surface area (Å²) in [6, 6.07) is 21.5. The summed E-state index contributed by atoms with van der Waals surface area (Å²) in [5.74, 6) is -0.254. The van der Waals surface area contributed by atoms with E-state index >= 15 is 0 Å². The van der Waals surface area contributed by atoms with Gasteiger partial charge in [0.15, 0.2) is 0 Å². The Bertz CT molecular complexity index is 1130. The highest BCUT2D eigenvalue weighted by Crippen LogP contribution is 2.14. The van der Waals surface area contributed by atoms with Crippen molar-refractivity contribution in [2.24, 2.45) is 5.10 Å². The van der Waals surface area contributed by atoms with Crippen LogP contribution < -0.4 is 10.1 Å². The molecular weight excluding hydrogens is 410 g/mol. The number of nitrogens with zero attached hydrogens (tertiary/aromatic N) is 1. The normalized spacial score (nSPS) is 11.7. The smallest absolute Gasteiger partial charge is 0.276 e.